The molecule has 1 heterocycles. The number of rotatable bonds is 4. The molecule has 0 saturated heterocycles. The maximum absolute atomic E-state index is 12.4. The van der Waals surface area contributed by atoms with Gasteiger partial charge in [-0.1, -0.05) is 17.7 Å². The number of benzene rings is 2. The molecule has 1 fully saturated rings. The number of carbonyl (C=O) groups is 1. The SMILES string of the molecule is Cc1cc(C)c(SCC(=O)Nc2ccc3c(c2)OC2(CCCC2)O3)c(C)c1. The fraction of sp³-hybridized carbons (Fsp3) is 0.409. The van der Waals surface area contributed by atoms with Crippen LogP contribution in [0.4, 0.5) is 5.69 Å². The fourth-order valence-electron chi connectivity index (χ4n) is 4.02. The van der Waals surface area contributed by atoms with Crippen molar-refractivity contribution in [2.75, 3.05) is 11.1 Å². The molecular formula is C22H25NO3S. The first kappa shape index (κ1) is 18.2. The van der Waals surface area contributed by atoms with Gasteiger partial charge in [0.25, 0.3) is 5.79 Å². The van der Waals surface area contributed by atoms with Crippen molar-refractivity contribution in [3.05, 3.63) is 47.0 Å². The lowest BCUT2D eigenvalue weighted by molar-refractivity contribution is -0.113. The lowest BCUT2D eigenvalue weighted by Gasteiger charge is -2.21. The van der Waals surface area contributed by atoms with Crippen molar-refractivity contribution >= 4 is 23.4 Å². The second-order valence-electron chi connectivity index (χ2n) is 7.55. The minimum atomic E-state index is -0.471. The van der Waals surface area contributed by atoms with Crippen LogP contribution in [0.2, 0.25) is 0 Å². The number of nitrogens with one attached hydrogen (secondary N) is 1. The van der Waals surface area contributed by atoms with Crippen LogP contribution in [0.25, 0.3) is 0 Å². The predicted octanol–water partition coefficient (Wildman–Crippen LogP) is 5.38. The number of hydrogen-bond acceptors (Lipinski definition) is 4. The van der Waals surface area contributed by atoms with Gasteiger partial charge >= 0.3 is 0 Å². The Morgan fingerprint density at radius 1 is 1.04 bits per heavy atom. The molecule has 2 aromatic rings. The van der Waals surface area contributed by atoms with Crippen LogP contribution in [0, 0.1) is 20.8 Å². The Kier molecular flexibility index (Phi) is 4.81. The molecule has 2 aliphatic rings. The Balaban J connectivity index is 1.38. The van der Waals surface area contributed by atoms with Gasteiger partial charge in [0.15, 0.2) is 11.5 Å². The molecule has 1 aliphatic carbocycles. The number of fused-ring (bicyclic) bond motifs is 1. The van der Waals surface area contributed by atoms with E-state index in [-0.39, 0.29) is 5.91 Å². The molecule has 4 nitrogen and oxygen atoms in total. The quantitative estimate of drug-likeness (QED) is 0.720. The Hall–Kier alpha value is -2.14. The summed E-state index contributed by atoms with van der Waals surface area (Å²) in [6.45, 7) is 6.28. The van der Waals surface area contributed by atoms with Gasteiger partial charge in [-0.3, -0.25) is 4.79 Å². The van der Waals surface area contributed by atoms with Gasteiger partial charge in [0.05, 0.1) is 5.75 Å². The average Bonchev–Trinajstić information content (AvgIpc) is 3.19. The molecule has 0 atom stereocenters. The molecule has 1 spiro atoms. The molecule has 2 aromatic carbocycles. The summed E-state index contributed by atoms with van der Waals surface area (Å²) in [6.07, 6.45) is 4.11. The highest BCUT2D eigenvalue weighted by atomic mass is 32.2. The van der Waals surface area contributed by atoms with E-state index in [9.17, 15) is 4.79 Å². The number of thioether (sulfide) groups is 1. The van der Waals surface area contributed by atoms with Crippen LogP contribution in [-0.4, -0.2) is 17.4 Å². The number of hydrogen-bond donors (Lipinski definition) is 1. The summed E-state index contributed by atoms with van der Waals surface area (Å²) >= 11 is 1.58. The Morgan fingerprint density at radius 3 is 2.41 bits per heavy atom. The molecule has 5 heteroatoms. The summed E-state index contributed by atoms with van der Waals surface area (Å²) in [7, 11) is 0. The van der Waals surface area contributed by atoms with Crippen LogP contribution in [0.5, 0.6) is 11.5 Å². The van der Waals surface area contributed by atoms with Crippen LogP contribution in [0.1, 0.15) is 42.4 Å². The maximum atomic E-state index is 12.4. The van der Waals surface area contributed by atoms with Gasteiger partial charge < -0.3 is 14.8 Å². The van der Waals surface area contributed by atoms with Gasteiger partial charge in [0.2, 0.25) is 5.91 Å². The molecule has 1 aliphatic heterocycles. The van der Waals surface area contributed by atoms with E-state index in [0.717, 1.165) is 42.9 Å². The van der Waals surface area contributed by atoms with E-state index in [1.807, 2.05) is 18.2 Å². The van der Waals surface area contributed by atoms with E-state index < -0.39 is 5.79 Å². The van der Waals surface area contributed by atoms with E-state index in [4.69, 9.17) is 9.47 Å². The van der Waals surface area contributed by atoms with E-state index in [1.54, 1.807) is 11.8 Å². The van der Waals surface area contributed by atoms with E-state index >= 15 is 0 Å². The first-order valence-corrected chi connectivity index (χ1v) is 10.5. The molecular weight excluding hydrogens is 358 g/mol. The fourth-order valence-corrected chi connectivity index (χ4v) is 4.94. The minimum absolute atomic E-state index is 0.0196. The first-order valence-electron chi connectivity index (χ1n) is 9.47. The molecule has 0 radical (unpaired) electrons. The van der Waals surface area contributed by atoms with Crippen LogP contribution in [-0.2, 0) is 4.79 Å². The van der Waals surface area contributed by atoms with E-state index in [0.29, 0.717) is 5.75 Å². The molecule has 0 unspecified atom stereocenters. The van der Waals surface area contributed by atoms with Gasteiger partial charge in [0.1, 0.15) is 0 Å². The predicted molar refractivity (Wildman–Crippen MR) is 109 cm³/mol. The second-order valence-corrected chi connectivity index (χ2v) is 8.53. The smallest absolute Gasteiger partial charge is 0.251 e. The summed E-state index contributed by atoms with van der Waals surface area (Å²) < 4.78 is 12.1. The molecule has 0 aromatic heterocycles. The summed E-state index contributed by atoms with van der Waals surface area (Å²) in [5, 5.41) is 2.98. The van der Waals surface area contributed by atoms with Gasteiger partial charge in [0, 0.05) is 29.5 Å². The number of aryl methyl sites for hydroxylation is 3. The van der Waals surface area contributed by atoms with Crippen molar-refractivity contribution in [2.45, 2.75) is 57.1 Å². The Morgan fingerprint density at radius 2 is 1.70 bits per heavy atom. The normalized spacial score (nSPS) is 16.7. The highest BCUT2D eigenvalue weighted by Crippen LogP contribution is 2.47. The zero-order chi connectivity index (χ0) is 19.0. The summed E-state index contributed by atoms with van der Waals surface area (Å²) in [6, 6.07) is 9.95. The third kappa shape index (κ3) is 3.79. The third-order valence-corrected chi connectivity index (χ3v) is 6.48. The van der Waals surface area contributed by atoms with E-state index in [2.05, 4.69) is 38.2 Å². The molecule has 1 saturated carbocycles. The van der Waals surface area contributed by atoms with Crippen LogP contribution in [0.15, 0.2) is 35.2 Å². The minimum Gasteiger partial charge on any atom is -0.448 e. The Bertz CT molecular complexity index is 864. The second kappa shape index (κ2) is 7.12. The molecule has 4 rings (SSSR count). The van der Waals surface area contributed by atoms with Gasteiger partial charge in [-0.15, -0.1) is 11.8 Å². The average molecular weight is 384 g/mol. The maximum Gasteiger partial charge on any atom is 0.251 e. The third-order valence-electron chi connectivity index (χ3n) is 5.14. The van der Waals surface area contributed by atoms with Gasteiger partial charge in [-0.05, 0) is 56.9 Å². The zero-order valence-corrected chi connectivity index (χ0v) is 16.9. The summed E-state index contributed by atoms with van der Waals surface area (Å²) in [5.74, 6) is 1.39. The molecule has 27 heavy (non-hydrogen) atoms. The monoisotopic (exact) mass is 383 g/mol. The molecule has 142 valence electrons. The lowest BCUT2D eigenvalue weighted by atomic mass is 10.1. The van der Waals surface area contributed by atoms with Crippen molar-refractivity contribution in [3.63, 3.8) is 0 Å². The van der Waals surface area contributed by atoms with Crippen molar-refractivity contribution in [2.24, 2.45) is 0 Å². The van der Waals surface area contributed by atoms with Gasteiger partial charge in [-0.25, -0.2) is 0 Å². The van der Waals surface area contributed by atoms with Crippen LogP contribution < -0.4 is 14.8 Å². The Labute approximate surface area is 164 Å². The van der Waals surface area contributed by atoms with Crippen molar-refractivity contribution in [3.8, 4) is 11.5 Å². The van der Waals surface area contributed by atoms with Crippen molar-refractivity contribution in [1.29, 1.82) is 0 Å². The standard InChI is InChI=1S/C22H25NO3S/c1-14-10-15(2)21(16(3)11-14)27-13-20(24)23-17-6-7-18-19(12-17)26-22(25-18)8-4-5-9-22/h6-7,10-12H,4-5,8-9,13H2,1-3H3,(H,23,24). The lowest BCUT2D eigenvalue weighted by Crippen LogP contribution is -2.34. The van der Waals surface area contributed by atoms with Crippen molar-refractivity contribution in [1.82, 2.24) is 0 Å². The van der Waals surface area contributed by atoms with Gasteiger partial charge in [-0.2, -0.15) is 0 Å². The number of anilines is 1. The number of ether oxygens (including phenoxy) is 2. The first-order chi connectivity index (χ1) is 12.9. The van der Waals surface area contributed by atoms with E-state index in [1.165, 1.54) is 21.6 Å². The summed E-state index contributed by atoms with van der Waals surface area (Å²) in [4.78, 5) is 13.6. The summed E-state index contributed by atoms with van der Waals surface area (Å²) in [5.41, 5.74) is 4.43. The highest BCUT2D eigenvalue weighted by molar-refractivity contribution is 8.00. The number of carbonyl (C=O) groups excluding carboxylic acids is 1. The van der Waals surface area contributed by atoms with Crippen LogP contribution >= 0.6 is 11.8 Å². The highest BCUT2D eigenvalue weighted by Gasteiger charge is 2.44. The molecule has 0 bridgehead atoms. The van der Waals surface area contributed by atoms with Crippen LogP contribution in [0.3, 0.4) is 0 Å². The molecule has 1 amide bonds. The van der Waals surface area contributed by atoms with Crippen molar-refractivity contribution < 1.29 is 14.3 Å². The number of amides is 1. The topological polar surface area (TPSA) is 47.6 Å². The largest absolute Gasteiger partial charge is 0.448 e. The zero-order valence-electron chi connectivity index (χ0n) is 16.1. The molecule has 1 N–H and O–H groups in total.